The summed E-state index contributed by atoms with van der Waals surface area (Å²) in [5.74, 6) is 0.653. The number of pyridine rings is 1. The van der Waals surface area contributed by atoms with Crippen LogP contribution in [0.4, 0.5) is 0 Å². The fraction of sp³-hybridized carbons (Fsp3) is 0.214. The second kappa shape index (κ2) is 5.52. The van der Waals surface area contributed by atoms with Crippen molar-refractivity contribution in [1.29, 1.82) is 0 Å². The topological polar surface area (TPSA) is 70.7 Å². The minimum absolute atomic E-state index is 0.0814. The molecule has 0 fully saturated rings. The Hall–Kier alpha value is -2.05. The van der Waals surface area contributed by atoms with Crippen LogP contribution in [0.5, 0.6) is 0 Å². The molecule has 0 aliphatic heterocycles. The molecule has 1 atom stereocenters. The third-order valence-corrected chi connectivity index (χ3v) is 3.95. The molecule has 102 valence electrons. The maximum Gasteiger partial charge on any atom is 0.259 e. The van der Waals surface area contributed by atoms with Crippen molar-refractivity contribution >= 4 is 21.6 Å². The van der Waals surface area contributed by atoms with E-state index in [2.05, 4.69) is 27.2 Å². The summed E-state index contributed by atoms with van der Waals surface area (Å²) in [6, 6.07) is 5.86. The minimum Gasteiger partial charge on any atom is -0.309 e. The number of thiophene rings is 1. The molecular formula is C14H14N4OS. The highest BCUT2D eigenvalue weighted by atomic mass is 32.1. The molecule has 0 saturated heterocycles. The number of fused-ring (bicyclic) bond motifs is 1. The third-order valence-electron chi connectivity index (χ3n) is 3.14. The zero-order valence-electron chi connectivity index (χ0n) is 11.0. The van der Waals surface area contributed by atoms with Crippen LogP contribution in [0.2, 0.25) is 0 Å². The van der Waals surface area contributed by atoms with Crippen LogP contribution in [-0.4, -0.2) is 15.0 Å². The van der Waals surface area contributed by atoms with E-state index in [0.29, 0.717) is 17.8 Å². The van der Waals surface area contributed by atoms with Gasteiger partial charge in [0.05, 0.1) is 11.9 Å². The van der Waals surface area contributed by atoms with Gasteiger partial charge >= 0.3 is 0 Å². The lowest BCUT2D eigenvalue weighted by molar-refractivity contribution is 0.558. The molecule has 0 spiro atoms. The van der Waals surface area contributed by atoms with Crippen LogP contribution in [0.15, 0.2) is 40.8 Å². The van der Waals surface area contributed by atoms with E-state index >= 15 is 0 Å². The summed E-state index contributed by atoms with van der Waals surface area (Å²) in [4.78, 5) is 24.0. The Morgan fingerprint density at radius 1 is 1.45 bits per heavy atom. The molecule has 3 aromatic rings. The molecule has 6 heteroatoms. The summed E-state index contributed by atoms with van der Waals surface area (Å²) >= 11 is 1.48. The van der Waals surface area contributed by atoms with Crippen molar-refractivity contribution in [2.45, 2.75) is 19.5 Å². The van der Waals surface area contributed by atoms with Gasteiger partial charge in [-0.25, -0.2) is 4.98 Å². The van der Waals surface area contributed by atoms with Gasteiger partial charge in [-0.15, -0.1) is 11.3 Å². The largest absolute Gasteiger partial charge is 0.309 e. The zero-order valence-corrected chi connectivity index (χ0v) is 11.8. The van der Waals surface area contributed by atoms with Crippen molar-refractivity contribution in [2.75, 3.05) is 0 Å². The first-order chi connectivity index (χ1) is 9.74. The maximum atomic E-state index is 11.8. The van der Waals surface area contributed by atoms with E-state index in [4.69, 9.17) is 0 Å². The maximum absolute atomic E-state index is 11.8. The van der Waals surface area contributed by atoms with Gasteiger partial charge in [0.25, 0.3) is 5.56 Å². The Balaban J connectivity index is 1.75. The molecule has 20 heavy (non-hydrogen) atoms. The first-order valence-electron chi connectivity index (χ1n) is 6.34. The summed E-state index contributed by atoms with van der Waals surface area (Å²) in [5, 5.41) is 5.86. The van der Waals surface area contributed by atoms with Crippen LogP contribution < -0.4 is 10.9 Å². The number of H-pyrrole nitrogens is 1. The van der Waals surface area contributed by atoms with Gasteiger partial charge in [-0.3, -0.25) is 9.78 Å². The molecule has 3 aromatic heterocycles. The lowest BCUT2D eigenvalue weighted by Crippen LogP contribution is -2.22. The number of rotatable bonds is 4. The Bertz CT molecular complexity index is 765. The summed E-state index contributed by atoms with van der Waals surface area (Å²) in [7, 11) is 0. The SMILES string of the molecule is C[C@H](NCc1nc2sccc2c(=O)[nH]1)c1cccnc1. The molecule has 0 aromatic carbocycles. The van der Waals surface area contributed by atoms with Crippen molar-refractivity contribution in [2.24, 2.45) is 0 Å². The molecule has 2 N–H and O–H groups in total. The fourth-order valence-corrected chi connectivity index (χ4v) is 2.78. The quantitative estimate of drug-likeness (QED) is 0.771. The van der Waals surface area contributed by atoms with E-state index in [0.717, 1.165) is 10.4 Å². The molecule has 0 aliphatic rings. The van der Waals surface area contributed by atoms with E-state index in [9.17, 15) is 4.79 Å². The average Bonchev–Trinajstić information content (AvgIpc) is 2.94. The Morgan fingerprint density at radius 3 is 3.15 bits per heavy atom. The Labute approximate surface area is 119 Å². The van der Waals surface area contributed by atoms with Gasteiger partial charge in [-0.2, -0.15) is 0 Å². The van der Waals surface area contributed by atoms with Gasteiger partial charge < -0.3 is 10.3 Å². The highest BCUT2D eigenvalue weighted by molar-refractivity contribution is 7.16. The number of hydrogen-bond donors (Lipinski definition) is 2. The molecule has 0 bridgehead atoms. The fourth-order valence-electron chi connectivity index (χ4n) is 1.99. The van der Waals surface area contributed by atoms with E-state index in [1.165, 1.54) is 11.3 Å². The first kappa shape index (κ1) is 13.0. The second-order valence-corrected chi connectivity index (χ2v) is 5.44. The first-order valence-corrected chi connectivity index (χ1v) is 7.22. The van der Waals surface area contributed by atoms with E-state index in [1.54, 1.807) is 12.3 Å². The van der Waals surface area contributed by atoms with E-state index in [-0.39, 0.29) is 11.6 Å². The molecule has 0 unspecified atom stereocenters. The predicted octanol–water partition coefficient (Wildman–Crippen LogP) is 2.23. The molecule has 3 rings (SSSR count). The van der Waals surface area contributed by atoms with Crippen molar-refractivity contribution in [3.8, 4) is 0 Å². The standard InChI is InChI=1S/C14H14N4OS/c1-9(10-3-2-5-15-7-10)16-8-12-17-13(19)11-4-6-20-14(11)18-12/h2-7,9,16H,8H2,1H3,(H,17,18,19)/t9-/m0/s1. The number of aromatic nitrogens is 3. The summed E-state index contributed by atoms with van der Waals surface area (Å²) in [6.45, 7) is 2.57. The molecule has 0 aliphatic carbocycles. The van der Waals surface area contributed by atoms with E-state index < -0.39 is 0 Å². The van der Waals surface area contributed by atoms with Crippen molar-refractivity contribution in [3.63, 3.8) is 0 Å². The van der Waals surface area contributed by atoms with E-state index in [1.807, 2.05) is 23.7 Å². The zero-order chi connectivity index (χ0) is 13.9. The number of nitrogens with zero attached hydrogens (tertiary/aromatic N) is 2. The minimum atomic E-state index is -0.0814. The Kier molecular flexibility index (Phi) is 3.58. The third kappa shape index (κ3) is 2.61. The van der Waals surface area contributed by atoms with Gasteiger partial charge in [0.2, 0.25) is 0 Å². The van der Waals surface area contributed by atoms with Gasteiger partial charge in [0.15, 0.2) is 0 Å². The molecule has 0 amide bonds. The van der Waals surface area contributed by atoms with Crippen LogP contribution in [0.3, 0.4) is 0 Å². The summed E-state index contributed by atoms with van der Waals surface area (Å²) < 4.78 is 0. The van der Waals surface area contributed by atoms with Crippen LogP contribution >= 0.6 is 11.3 Å². The van der Waals surface area contributed by atoms with Gasteiger partial charge in [-0.05, 0) is 30.0 Å². The smallest absolute Gasteiger partial charge is 0.259 e. The number of aromatic amines is 1. The normalized spacial score (nSPS) is 12.7. The van der Waals surface area contributed by atoms with Crippen LogP contribution in [0.1, 0.15) is 24.4 Å². The van der Waals surface area contributed by atoms with Gasteiger partial charge in [0.1, 0.15) is 10.7 Å². The van der Waals surface area contributed by atoms with Gasteiger partial charge in [-0.1, -0.05) is 6.07 Å². The molecule has 0 saturated carbocycles. The molecule has 5 nitrogen and oxygen atoms in total. The van der Waals surface area contributed by atoms with Crippen LogP contribution in [0, 0.1) is 0 Å². The lowest BCUT2D eigenvalue weighted by atomic mass is 10.1. The molecule has 0 radical (unpaired) electrons. The average molecular weight is 286 g/mol. The van der Waals surface area contributed by atoms with Gasteiger partial charge in [0, 0.05) is 18.4 Å². The lowest BCUT2D eigenvalue weighted by Gasteiger charge is -2.13. The predicted molar refractivity (Wildman–Crippen MR) is 79.7 cm³/mol. The number of nitrogens with one attached hydrogen (secondary N) is 2. The van der Waals surface area contributed by atoms with Crippen molar-refractivity contribution in [1.82, 2.24) is 20.3 Å². The number of hydrogen-bond acceptors (Lipinski definition) is 5. The Morgan fingerprint density at radius 2 is 2.35 bits per heavy atom. The second-order valence-electron chi connectivity index (χ2n) is 4.54. The monoisotopic (exact) mass is 286 g/mol. The van der Waals surface area contributed by atoms with Crippen LogP contribution in [0.25, 0.3) is 10.2 Å². The van der Waals surface area contributed by atoms with Crippen LogP contribution in [-0.2, 0) is 6.54 Å². The van der Waals surface area contributed by atoms with Crippen molar-refractivity contribution < 1.29 is 0 Å². The van der Waals surface area contributed by atoms with Crippen molar-refractivity contribution in [3.05, 3.63) is 57.7 Å². The molecule has 3 heterocycles. The summed E-state index contributed by atoms with van der Waals surface area (Å²) in [6.07, 6.45) is 3.58. The highest BCUT2D eigenvalue weighted by Gasteiger charge is 2.08. The molecular weight excluding hydrogens is 272 g/mol. The summed E-state index contributed by atoms with van der Waals surface area (Å²) in [5.41, 5.74) is 1.02. The highest BCUT2D eigenvalue weighted by Crippen LogP contribution is 2.14.